The van der Waals surface area contributed by atoms with Crippen LogP contribution in [0.25, 0.3) is 0 Å². The van der Waals surface area contributed by atoms with Gasteiger partial charge in [-0.05, 0) is 31.2 Å². The highest BCUT2D eigenvalue weighted by atomic mass is 16.5. The van der Waals surface area contributed by atoms with Crippen molar-refractivity contribution in [2.24, 2.45) is 0 Å². The van der Waals surface area contributed by atoms with Crippen molar-refractivity contribution in [1.82, 2.24) is 4.90 Å². The SMILES string of the molecule is CCOc1ccccc1NC(=O)N1CCN(c2ccccc2C#N)CC1. The highest BCUT2D eigenvalue weighted by molar-refractivity contribution is 5.91. The van der Waals surface area contributed by atoms with Crippen LogP contribution in [0.2, 0.25) is 0 Å². The third-order valence-electron chi connectivity index (χ3n) is 4.36. The van der Waals surface area contributed by atoms with Crippen molar-refractivity contribution >= 4 is 17.4 Å². The molecule has 1 heterocycles. The van der Waals surface area contributed by atoms with Gasteiger partial charge in [-0.25, -0.2) is 4.79 Å². The largest absolute Gasteiger partial charge is 0.492 e. The Morgan fingerprint density at radius 2 is 1.81 bits per heavy atom. The van der Waals surface area contributed by atoms with Gasteiger partial charge in [-0.1, -0.05) is 24.3 Å². The van der Waals surface area contributed by atoms with Crippen LogP contribution in [0.4, 0.5) is 16.2 Å². The summed E-state index contributed by atoms with van der Waals surface area (Å²) < 4.78 is 5.55. The van der Waals surface area contributed by atoms with Crippen LogP contribution in [-0.4, -0.2) is 43.7 Å². The zero-order valence-electron chi connectivity index (χ0n) is 14.8. The number of carbonyl (C=O) groups is 1. The molecule has 0 saturated carbocycles. The van der Waals surface area contributed by atoms with Crippen LogP contribution in [0.15, 0.2) is 48.5 Å². The molecule has 0 bridgehead atoms. The second kappa shape index (κ2) is 8.26. The Labute approximate surface area is 153 Å². The number of para-hydroxylation sites is 3. The summed E-state index contributed by atoms with van der Waals surface area (Å²) in [5, 5.41) is 12.2. The summed E-state index contributed by atoms with van der Waals surface area (Å²) in [6.07, 6.45) is 0. The number of ether oxygens (including phenoxy) is 1. The van der Waals surface area contributed by atoms with Gasteiger partial charge in [-0.2, -0.15) is 5.26 Å². The zero-order valence-corrected chi connectivity index (χ0v) is 14.8. The first kappa shape index (κ1) is 17.6. The van der Waals surface area contributed by atoms with Gasteiger partial charge in [0.1, 0.15) is 11.8 Å². The predicted octanol–water partition coefficient (Wildman–Crippen LogP) is 3.31. The number of anilines is 2. The Morgan fingerprint density at radius 1 is 1.12 bits per heavy atom. The molecule has 1 aliphatic heterocycles. The van der Waals surface area contributed by atoms with Crippen LogP contribution in [0.5, 0.6) is 5.75 Å². The fourth-order valence-corrected chi connectivity index (χ4v) is 3.04. The number of carbonyl (C=O) groups excluding carboxylic acids is 1. The summed E-state index contributed by atoms with van der Waals surface area (Å²) in [6.45, 7) is 5.05. The van der Waals surface area contributed by atoms with E-state index < -0.39 is 0 Å². The summed E-state index contributed by atoms with van der Waals surface area (Å²) in [5.41, 5.74) is 2.27. The van der Waals surface area contributed by atoms with Gasteiger partial charge in [-0.3, -0.25) is 0 Å². The summed E-state index contributed by atoms with van der Waals surface area (Å²) in [5.74, 6) is 0.671. The van der Waals surface area contributed by atoms with Crippen molar-refractivity contribution in [3.8, 4) is 11.8 Å². The molecule has 0 atom stereocenters. The molecule has 0 spiro atoms. The highest BCUT2D eigenvalue weighted by Gasteiger charge is 2.23. The lowest BCUT2D eigenvalue weighted by Gasteiger charge is -2.36. The van der Waals surface area contributed by atoms with Crippen molar-refractivity contribution in [3.63, 3.8) is 0 Å². The van der Waals surface area contributed by atoms with Gasteiger partial charge in [-0.15, -0.1) is 0 Å². The van der Waals surface area contributed by atoms with Crippen molar-refractivity contribution in [2.75, 3.05) is 43.0 Å². The maximum atomic E-state index is 12.6. The molecule has 26 heavy (non-hydrogen) atoms. The molecule has 0 aliphatic carbocycles. The molecule has 1 N–H and O–H groups in total. The monoisotopic (exact) mass is 350 g/mol. The number of urea groups is 1. The van der Waals surface area contributed by atoms with Gasteiger partial charge >= 0.3 is 6.03 Å². The molecule has 6 heteroatoms. The van der Waals surface area contributed by atoms with E-state index in [1.165, 1.54) is 0 Å². The van der Waals surface area contributed by atoms with Crippen molar-refractivity contribution in [3.05, 3.63) is 54.1 Å². The lowest BCUT2D eigenvalue weighted by molar-refractivity contribution is 0.208. The molecule has 1 fully saturated rings. The zero-order chi connectivity index (χ0) is 18.4. The van der Waals surface area contributed by atoms with E-state index in [1.54, 1.807) is 4.90 Å². The van der Waals surface area contributed by atoms with Gasteiger partial charge in [0.25, 0.3) is 0 Å². The fourth-order valence-electron chi connectivity index (χ4n) is 3.04. The second-order valence-corrected chi connectivity index (χ2v) is 5.96. The van der Waals surface area contributed by atoms with Crippen LogP contribution >= 0.6 is 0 Å². The third kappa shape index (κ3) is 3.89. The van der Waals surface area contributed by atoms with E-state index >= 15 is 0 Å². The van der Waals surface area contributed by atoms with E-state index in [4.69, 9.17) is 4.74 Å². The standard InChI is InChI=1S/C20H22N4O2/c1-2-26-19-10-6-4-8-17(19)22-20(25)24-13-11-23(12-14-24)18-9-5-3-7-16(18)15-21/h3-10H,2,11-14H2,1H3,(H,22,25). The maximum Gasteiger partial charge on any atom is 0.322 e. The molecule has 1 saturated heterocycles. The number of nitrogens with zero attached hydrogens (tertiary/aromatic N) is 3. The summed E-state index contributed by atoms with van der Waals surface area (Å²) in [6, 6.07) is 17.1. The number of hydrogen-bond donors (Lipinski definition) is 1. The van der Waals surface area contributed by atoms with Gasteiger partial charge in [0.05, 0.1) is 23.5 Å². The summed E-state index contributed by atoms with van der Waals surface area (Å²) >= 11 is 0. The molecular weight excluding hydrogens is 328 g/mol. The number of nitriles is 1. The van der Waals surface area contributed by atoms with Gasteiger partial charge in [0, 0.05) is 26.2 Å². The Hall–Kier alpha value is -3.20. The lowest BCUT2D eigenvalue weighted by atomic mass is 10.1. The van der Waals surface area contributed by atoms with Crippen molar-refractivity contribution < 1.29 is 9.53 Å². The number of piperazine rings is 1. The van der Waals surface area contributed by atoms with Crippen LogP contribution in [0, 0.1) is 11.3 Å². The van der Waals surface area contributed by atoms with Crippen molar-refractivity contribution in [1.29, 1.82) is 5.26 Å². The molecule has 2 amide bonds. The molecular formula is C20H22N4O2. The van der Waals surface area contributed by atoms with Crippen LogP contribution in [-0.2, 0) is 0 Å². The number of amides is 2. The number of rotatable bonds is 4. The van der Waals surface area contributed by atoms with E-state index in [1.807, 2.05) is 55.5 Å². The fraction of sp³-hybridized carbons (Fsp3) is 0.300. The summed E-state index contributed by atoms with van der Waals surface area (Å²) in [7, 11) is 0. The number of hydrogen-bond acceptors (Lipinski definition) is 4. The molecule has 2 aromatic carbocycles. The predicted molar refractivity (Wildman–Crippen MR) is 102 cm³/mol. The quantitative estimate of drug-likeness (QED) is 0.918. The first-order valence-electron chi connectivity index (χ1n) is 8.74. The summed E-state index contributed by atoms with van der Waals surface area (Å²) in [4.78, 5) is 16.5. The lowest BCUT2D eigenvalue weighted by Crippen LogP contribution is -2.50. The minimum atomic E-state index is -0.134. The normalized spacial score (nSPS) is 13.8. The Morgan fingerprint density at radius 3 is 2.54 bits per heavy atom. The van der Waals surface area contributed by atoms with Gasteiger partial charge < -0.3 is 19.9 Å². The Bertz CT molecular complexity index is 807. The molecule has 0 aromatic heterocycles. The van der Waals surface area contributed by atoms with E-state index in [-0.39, 0.29) is 6.03 Å². The van der Waals surface area contributed by atoms with E-state index in [9.17, 15) is 10.1 Å². The smallest absolute Gasteiger partial charge is 0.322 e. The van der Waals surface area contributed by atoms with Crippen LogP contribution in [0.3, 0.4) is 0 Å². The van der Waals surface area contributed by atoms with Gasteiger partial charge in [0.2, 0.25) is 0 Å². The maximum absolute atomic E-state index is 12.6. The first-order chi connectivity index (χ1) is 12.7. The molecule has 1 aliphatic rings. The average Bonchev–Trinajstić information content (AvgIpc) is 2.69. The first-order valence-corrected chi connectivity index (χ1v) is 8.74. The molecule has 6 nitrogen and oxygen atoms in total. The van der Waals surface area contributed by atoms with E-state index in [0.717, 1.165) is 5.69 Å². The Balaban J connectivity index is 1.62. The van der Waals surface area contributed by atoms with E-state index in [0.29, 0.717) is 49.8 Å². The van der Waals surface area contributed by atoms with Crippen molar-refractivity contribution in [2.45, 2.75) is 6.92 Å². The highest BCUT2D eigenvalue weighted by Crippen LogP contribution is 2.25. The minimum Gasteiger partial charge on any atom is -0.492 e. The molecule has 3 rings (SSSR count). The van der Waals surface area contributed by atoms with Gasteiger partial charge in [0.15, 0.2) is 0 Å². The Kier molecular flexibility index (Phi) is 5.59. The topological polar surface area (TPSA) is 68.6 Å². The third-order valence-corrected chi connectivity index (χ3v) is 4.36. The molecule has 134 valence electrons. The molecule has 2 aromatic rings. The molecule has 0 unspecified atom stereocenters. The minimum absolute atomic E-state index is 0.134. The van der Waals surface area contributed by atoms with Crippen LogP contribution < -0.4 is 15.0 Å². The van der Waals surface area contributed by atoms with Crippen LogP contribution in [0.1, 0.15) is 12.5 Å². The van der Waals surface area contributed by atoms with E-state index in [2.05, 4.69) is 16.3 Å². The number of nitrogens with one attached hydrogen (secondary N) is 1. The second-order valence-electron chi connectivity index (χ2n) is 5.96. The average molecular weight is 350 g/mol. The molecule has 0 radical (unpaired) electrons. The number of benzene rings is 2.